The molecule has 0 atom stereocenters. The maximum atomic E-state index is 10.1. The van der Waals surface area contributed by atoms with Crippen LogP contribution >= 0.6 is 0 Å². The van der Waals surface area contributed by atoms with Gasteiger partial charge in [-0.3, -0.25) is 4.79 Å². The Labute approximate surface area is 86.2 Å². The summed E-state index contributed by atoms with van der Waals surface area (Å²) in [4.78, 5) is 14.0. The Balaban J connectivity index is 2.24. The highest BCUT2D eigenvalue weighted by Crippen LogP contribution is 2.15. The highest BCUT2D eigenvalue weighted by Gasteiger charge is 2.00. The third kappa shape index (κ3) is 2.17. The largest absolute Gasteiger partial charge is 0.342 e. The lowest BCUT2D eigenvalue weighted by atomic mass is 10.1. The van der Waals surface area contributed by atoms with E-state index in [9.17, 15) is 4.79 Å². The van der Waals surface area contributed by atoms with Gasteiger partial charge in [-0.1, -0.05) is 35.5 Å². The van der Waals surface area contributed by atoms with Crippen molar-refractivity contribution in [3.63, 3.8) is 0 Å². The van der Waals surface area contributed by atoms with Crippen LogP contribution in [0.4, 0.5) is 0 Å². The molecule has 1 aromatic heterocycles. The van der Waals surface area contributed by atoms with Gasteiger partial charge >= 0.3 is 0 Å². The molecule has 0 saturated carbocycles. The molecule has 0 aliphatic heterocycles. The van der Waals surface area contributed by atoms with Crippen molar-refractivity contribution in [3.05, 3.63) is 42.3 Å². The number of aromatic nitrogens is 2. The zero-order valence-electron chi connectivity index (χ0n) is 7.83. The highest BCUT2D eigenvalue weighted by atomic mass is 16.5. The van der Waals surface area contributed by atoms with Crippen LogP contribution in [0.5, 0.6) is 0 Å². The summed E-state index contributed by atoms with van der Waals surface area (Å²) in [5.41, 5.74) is 1.83. The third-order valence-corrected chi connectivity index (χ3v) is 1.90. The number of aldehydes is 1. The molecule has 0 radical (unpaired) electrons. The lowest BCUT2D eigenvalue weighted by Crippen LogP contribution is -1.80. The number of hydrogen-bond acceptors (Lipinski definition) is 4. The number of allylic oxidation sites excluding steroid dienone is 1. The molecule has 1 heterocycles. The van der Waals surface area contributed by atoms with Crippen LogP contribution in [0.1, 0.15) is 5.56 Å². The van der Waals surface area contributed by atoms with Crippen molar-refractivity contribution in [1.29, 1.82) is 0 Å². The van der Waals surface area contributed by atoms with Gasteiger partial charge in [0.2, 0.25) is 12.2 Å². The van der Waals surface area contributed by atoms with E-state index in [-0.39, 0.29) is 0 Å². The molecular weight excluding hydrogens is 192 g/mol. The first-order valence-electron chi connectivity index (χ1n) is 4.39. The zero-order chi connectivity index (χ0) is 10.5. The maximum absolute atomic E-state index is 10.1. The average Bonchev–Trinajstić information content (AvgIpc) is 2.80. The minimum atomic E-state index is 0.556. The van der Waals surface area contributed by atoms with E-state index in [1.54, 1.807) is 6.08 Å². The second-order valence-electron chi connectivity index (χ2n) is 2.87. The number of benzene rings is 1. The fourth-order valence-electron chi connectivity index (χ4n) is 1.19. The molecule has 15 heavy (non-hydrogen) atoms. The van der Waals surface area contributed by atoms with E-state index in [4.69, 9.17) is 0 Å². The number of nitrogens with zero attached hydrogens (tertiary/aromatic N) is 2. The quantitative estimate of drug-likeness (QED) is 0.561. The van der Waals surface area contributed by atoms with Crippen molar-refractivity contribution in [2.75, 3.05) is 0 Å². The van der Waals surface area contributed by atoms with Gasteiger partial charge in [0.1, 0.15) is 6.29 Å². The van der Waals surface area contributed by atoms with Gasteiger partial charge < -0.3 is 4.52 Å². The van der Waals surface area contributed by atoms with Crippen molar-refractivity contribution in [3.8, 4) is 11.4 Å². The van der Waals surface area contributed by atoms with Crippen LogP contribution in [0, 0.1) is 0 Å². The van der Waals surface area contributed by atoms with Gasteiger partial charge in [-0.25, -0.2) is 0 Å². The molecule has 0 N–H and O–H groups in total. The summed E-state index contributed by atoms with van der Waals surface area (Å²) in [6.07, 6.45) is 5.21. The molecule has 1 aromatic carbocycles. The Hall–Kier alpha value is -2.23. The normalized spacial score (nSPS) is 10.7. The predicted molar refractivity (Wildman–Crippen MR) is 54.8 cm³/mol. The molecule has 0 fully saturated rings. The first-order chi connectivity index (χ1) is 7.40. The van der Waals surface area contributed by atoms with Gasteiger partial charge in [-0.15, -0.1) is 0 Å². The van der Waals surface area contributed by atoms with Crippen LogP contribution in [0.25, 0.3) is 17.5 Å². The van der Waals surface area contributed by atoms with Gasteiger partial charge in [0.25, 0.3) is 0 Å². The van der Waals surface area contributed by atoms with E-state index < -0.39 is 0 Å². The first kappa shape index (κ1) is 9.33. The van der Waals surface area contributed by atoms with E-state index in [1.807, 2.05) is 24.3 Å². The molecule has 74 valence electrons. The molecule has 0 spiro atoms. The third-order valence-electron chi connectivity index (χ3n) is 1.90. The monoisotopic (exact) mass is 200 g/mol. The minimum absolute atomic E-state index is 0.556. The smallest absolute Gasteiger partial charge is 0.214 e. The van der Waals surface area contributed by atoms with Gasteiger partial charge in [-0.2, -0.15) is 4.98 Å². The van der Waals surface area contributed by atoms with E-state index in [0.717, 1.165) is 17.4 Å². The Morgan fingerprint density at radius 3 is 2.60 bits per heavy atom. The topological polar surface area (TPSA) is 56.0 Å². The summed E-state index contributed by atoms with van der Waals surface area (Å²) in [6, 6.07) is 7.50. The standard InChI is InChI=1S/C11H8N2O2/c14-7-1-2-9-3-5-10(6-4-9)11-12-8-15-13-11/h1-8H/b2-1+. The van der Waals surface area contributed by atoms with Gasteiger partial charge in [0.15, 0.2) is 0 Å². The highest BCUT2D eigenvalue weighted by molar-refractivity contribution is 5.74. The van der Waals surface area contributed by atoms with E-state index in [2.05, 4.69) is 14.7 Å². The van der Waals surface area contributed by atoms with Crippen LogP contribution < -0.4 is 0 Å². The van der Waals surface area contributed by atoms with Crippen LogP contribution in [0.2, 0.25) is 0 Å². The minimum Gasteiger partial charge on any atom is -0.342 e. The zero-order valence-corrected chi connectivity index (χ0v) is 7.83. The summed E-state index contributed by atoms with van der Waals surface area (Å²) in [6.45, 7) is 0. The van der Waals surface area contributed by atoms with E-state index >= 15 is 0 Å². The molecule has 0 bridgehead atoms. The second-order valence-corrected chi connectivity index (χ2v) is 2.87. The van der Waals surface area contributed by atoms with Gasteiger partial charge in [0.05, 0.1) is 0 Å². The Kier molecular flexibility index (Phi) is 2.69. The molecular formula is C11H8N2O2. The Morgan fingerprint density at radius 1 is 1.20 bits per heavy atom. The van der Waals surface area contributed by atoms with Gasteiger partial charge in [0, 0.05) is 5.56 Å². The molecule has 0 saturated heterocycles. The van der Waals surface area contributed by atoms with Crippen LogP contribution in [-0.2, 0) is 4.79 Å². The van der Waals surface area contributed by atoms with Crippen molar-refractivity contribution in [2.24, 2.45) is 0 Å². The van der Waals surface area contributed by atoms with Crippen molar-refractivity contribution < 1.29 is 9.32 Å². The lowest BCUT2D eigenvalue weighted by Gasteiger charge is -1.95. The molecule has 0 amide bonds. The Bertz CT molecular complexity index is 458. The summed E-state index contributed by atoms with van der Waals surface area (Å²) in [7, 11) is 0. The Morgan fingerprint density at radius 2 is 2.00 bits per heavy atom. The fraction of sp³-hybridized carbons (Fsp3) is 0. The maximum Gasteiger partial charge on any atom is 0.214 e. The summed E-state index contributed by atoms with van der Waals surface area (Å²) in [5, 5.41) is 3.72. The van der Waals surface area contributed by atoms with Crippen LogP contribution in [-0.4, -0.2) is 16.4 Å². The average molecular weight is 200 g/mol. The number of hydrogen-bond donors (Lipinski definition) is 0. The number of rotatable bonds is 3. The van der Waals surface area contributed by atoms with Crippen LogP contribution in [0.15, 0.2) is 41.3 Å². The number of carbonyl (C=O) groups is 1. The van der Waals surface area contributed by atoms with Gasteiger partial charge in [-0.05, 0) is 11.6 Å². The molecule has 0 unspecified atom stereocenters. The second kappa shape index (κ2) is 4.32. The first-order valence-corrected chi connectivity index (χ1v) is 4.39. The summed E-state index contributed by atoms with van der Waals surface area (Å²) < 4.78 is 4.64. The molecule has 0 aliphatic carbocycles. The molecule has 2 rings (SSSR count). The van der Waals surface area contributed by atoms with Crippen LogP contribution in [0.3, 0.4) is 0 Å². The predicted octanol–water partition coefficient (Wildman–Crippen LogP) is 1.95. The van der Waals surface area contributed by atoms with Crippen molar-refractivity contribution in [1.82, 2.24) is 10.1 Å². The molecule has 2 aromatic rings. The lowest BCUT2D eigenvalue weighted by molar-refractivity contribution is -0.104. The molecule has 4 heteroatoms. The van der Waals surface area contributed by atoms with E-state index in [0.29, 0.717) is 5.82 Å². The SMILES string of the molecule is O=C/C=C/c1ccc(-c2ncon2)cc1. The van der Waals surface area contributed by atoms with Crippen molar-refractivity contribution in [2.45, 2.75) is 0 Å². The molecule has 0 aliphatic rings. The number of carbonyl (C=O) groups excluding carboxylic acids is 1. The summed E-state index contributed by atoms with van der Waals surface area (Å²) >= 11 is 0. The fourth-order valence-corrected chi connectivity index (χ4v) is 1.19. The summed E-state index contributed by atoms with van der Waals surface area (Å²) in [5.74, 6) is 0.556. The van der Waals surface area contributed by atoms with E-state index in [1.165, 1.54) is 12.5 Å². The van der Waals surface area contributed by atoms with Crippen molar-refractivity contribution >= 4 is 12.4 Å². The molecule has 4 nitrogen and oxygen atoms in total.